The Morgan fingerprint density at radius 3 is 3.04 bits per heavy atom. The highest BCUT2D eigenvalue weighted by atomic mass is 16.7. The summed E-state index contributed by atoms with van der Waals surface area (Å²) in [7, 11) is 0. The molecule has 1 N–H and O–H groups in total. The van der Waals surface area contributed by atoms with Gasteiger partial charge in [-0.05, 0) is 37.5 Å². The van der Waals surface area contributed by atoms with Crippen molar-refractivity contribution in [3.8, 4) is 11.5 Å². The predicted molar refractivity (Wildman–Crippen MR) is 90.3 cm³/mol. The van der Waals surface area contributed by atoms with Gasteiger partial charge in [-0.25, -0.2) is 0 Å². The summed E-state index contributed by atoms with van der Waals surface area (Å²) in [6, 6.07) is 5.19. The van der Waals surface area contributed by atoms with Gasteiger partial charge in [0.05, 0.1) is 0 Å². The van der Waals surface area contributed by atoms with Gasteiger partial charge in [0.15, 0.2) is 11.5 Å². The molecule has 1 saturated heterocycles. The van der Waals surface area contributed by atoms with Gasteiger partial charge < -0.3 is 24.4 Å². The van der Waals surface area contributed by atoms with Crippen LogP contribution in [0.4, 0.5) is 0 Å². The first kappa shape index (κ1) is 17.5. The first-order valence-electron chi connectivity index (χ1n) is 8.72. The van der Waals surface area contributed by atoms with Gasteiger partial charge >= 0.3 is 0 Å². The normalized spacial score (nSPS) is 18.7. The van der Waals surface area contributed by atoms with Crippen molar-refractivity contribution in [3.05, 3.63) is 23.8 Å². The minimum atomic E-state index is -0.412. The topological polar surface area (TPSA) is 77.1 Å². The van der Waals surface area contributed by atoms with Crippen LogP contribution in [-0.2, 0) is 20.9 Å². The summed E-state index contributed by atoms with van der Waals surface area (Å²) in [6.45, 7) is 4.41. The fourth-order valence-electron chi connectivity index (χ4n) is 3.09. The van der Waals surface area contributed by atoms with Gasteiger partial charge in [-0.3, -0.25) is 9.59 Å². The zero-order valence-corrected chi connectivity index (χ0v) is 14.5. The van der Waals surface area contributed by atoms with Crippen LogP contribution in [0.3, 0.4) is 0 Å². The van der Waals surface area contributed by atoms with Gasteiger partial charge in [-0.2, -0.15) is 0 Å². The van der Waals surface area contributed by atoms with E-state index in [1.54, 1.807) is 4.90 Å². The maximum atomic E-state index is 12.4. The molecule has 3 rings (SSSR count). The van der Waals surface area contributed by atoms with Crippen LogP contribution in [0.15, 0.2) is 18.2 Å². The van der Waals surface area contributed by atoms with E-state index in [2.05, 4.69) is 5.32 Å². The number of benzene rings is 1. The Labute approximate surface area is 147 Å². The Morgan fingerprint density at radius 1 is 1.36 bits per heavy atom. The van der Waals surface area contributed by atoms with Crippen molar-refractivity contribution in [1.29, 1.82) is 0 Å². The molecule has 0 spiro atoms. The van der Waals surface area contributed by atoms with Crippen molar-refractivity contribution < 1.29 is 23.8 Å². The summed E-state index contributed by atoms with van der Waals surface area (Å²) in [5, 5.41) is 2.90. The van der Waals surface area contributed by atoms with E-state index in [4.69, 9.17) is 14.2 Å². The lowest BCUT2D eigenvalue weighted by atomic mass is 10.1. The number of ether oxygens (including phenoxy) is 3. The van der Waals surface area contributed by atoms with Crippen LogP contribution in [0.1, 0.15) is 31.7 Å². The third-order valence-corrected chi connectivity index (χ3v) is 4.39. The molecule has 136 valence electrons. The average Bonchev–Trinajstić information content (AvgIpc) is 3.21. The van der Waals surface area contributed by atoms with Crippen LogP contribution >= 0.6 is 0 Å². The molecule has 25 heavy (non-hydrogen) atoms. The molecular formula is C18H24N2O5. The van der Waals surface area contributed by atoms with E-state index in [-0.39, 0.29) is 18.6 Å². The van der Waals surface area contributed by atoms with Crippen LogP contribution in [0.25, 0.3) is 0 Å². The Balaban J connectivity index is 1.57. The third kappa shape index (κ3) is 4.22. The van der Waals surface area contributed by atoms with Crippen molar-refractivity contribution in [2.24, 2.45) is 0 Å². The molecule has 1 aromatic carbocycles. The number of amides is 2. The minimum Gasteiger partial charge on any atom is -0.454 e. The van der Waals surface area contributed by atoms with E-state index in [1.165, 1.54) is 0 Å². The van der Waals surface area contributed by atoms with Crippen molar-refractivity contribution in [2.75, 3.05) is 26.6 Å². The van der Waals surface area contributed by atoms with Crippen LogP contribution in [-0.4, -0.2) is 49.3 Å². The van der Waals surface area contributed by atoms with Crippen LogP contribution in [0, 0.1) is 0 Å². The predicted octanol–water partition coefficient (Wildman–Crippen LogP) is 1.45. The second-order valence-corrected chi connectivity index (χ2v) is 6.11. The molecule has 2 heterocycles. The first-order chi connectivity index (χ1) is 12.2. The molecule has 7 nitrogen and oxygen atoms in total. The smallest absolute Gasteiger partial charge is 0.242 e. The molecule has 2 amide bonds. The maximum Gasteiger partial charge on any atom is 0.242 e. The van der Waals surface area contributed by atoms with E-state index in [9.17, 15) is 9.59 Å². The molecule has 0 bridgehead atoms. The van der Waals surface area contributed by atoms with E-state index in [0.717, 1.165) is 12.0 Å². The molecule has 0 aliphatic carbocycles. The van der Waals surface area contributed by atoms with Crippen LogP contribution in [0.5, 0.6) is 11.5 Å². The number of carbonyl (C=O) groups is 2. The van der Waals surface area contributed by atoms with E-state index >= 15 is 0 Å². The standard InChI is InChI=1S/C18H24N2O5/c1-2-23-9-3-8-19-18(22)14-5-7-17(21)20(14)11-13-4-6-15-16(10-13)25-12-24-15/h4,6,10,14H,2-3,5,7-9,11-12H2,1H3,(H,19,22). The highest BCUT2D eigenvalue weighted by Crippen LogP contribution is 2.33. The van der Waals surface area contributed by atoms with E-state index in [1.807, 2.05) is 25.1 Å². The fraction of sp³-hybridized carbons (Fsp3) is 0.556. The van der Waals surface area contributed by atoms with Crippen molar-refractivity contribution in [2.45, 2.75) is 38.8 Å². The van der Waals surface area contributed by atoms with Crippen molar-refractivity contribution in [1.82, 2.24) is 10.2 Å². The lowest BCUT2D eigenvalue weighted by molar-refractivity contribution is -0.135. The lowest BCUT2D eigenvalue weighted by Crippen LogP contribution is -2.44. The van der Waals surface area contributed by atoms with Gasteiger partial charge in [0.1, 0.15) is 6.04 Å². The lowest BCUT2D eigenvalue weighted by Gasteiger charge is -2.24. The molecule has 0 aromatic heterocycles. The number of carbonyl (C=O) groups excluding carboxylic acids is 2. The Kier molecular flexibility index (Phi) is 5.75. The number of nitrogens with one attached hydrogen (secondary N) is 1. The maximum absolute atomic E-state index is 12.4. The van der Waals surface area contributed by atoms with Crippen molar-refractivity contribution in [3.63, 3.8) is 0 Å². The molecule has 2 aliphatic rings. The van der Waals surface area contributed by atoms with E-state index in [0.29, 0.717) is 50.6 Å². The van der Waals surface area contributed by atoms with Crippen LogP contribution in [0.2, 0.25) is 0 Å². The summed E-state index contributed by atoms with van der Waals surface area (Å²) in [5.74, 6) is 1.30. The first-order valence-corrected chi connectivity index (χ1v) is 8.72. The Hall–Kier alpha value is -2.28. The zero-order valence-electron chi connectivity index (χ0n) is 14.5. The van der Waals surface area contributed by atoms with Gasteiger partial charge in [0.2, 0.25) is 18.6 Å². The SMILES string of the molecule is CCOCCCNC(=O)C1CCC(=O)N1Cc1ccc2c(c1)OCO2. The third-order valence-electron chi connectivity index (χ3n) is 4.39. The fourth-order valence-corrected chi connectivity index (χ4v) is 3.09. The second-order valence-electron chi connectivity index (χ2n) is 6.11. The highest BCUT2D eigenvalue weighted by Gasteiger charge is 2.35. The number of hydrogen-bond acceptors (Lipinski definition) is 5. The summed E-state index contributed by atoms with van der Waals surface area (Å²) in [4.78, 5) is 26.3. The number of fused-ring (bicyclic) bond motifs is 1. The van der Waals surface area contributed by atoms with Gasteiger partial charge in [0, 0.05) is 32.7 Å². The summed E-state index contributed by atoms with van der Waals surface area (Å²) < 4.78 is 15.9. The van der Waals surface area contributed by atoms with E-state index < -0.39 is 6.04 Å². The zero-order chi connectivity index (χ0) is 17.6. The number of hydrogen-bond donors (Lipinski definition) is 1. The molecule has 1 unspecified atom stereocenters. The van der Waals surface area contributed by atoms with Crippen molar-refractivity contribution >= 4 is 11.8 Å². The van der Waals surface area contributed by atoms with Gasteiger partial charge in [-0.15, -0.1) is 0 Å². The Bertz CT molecular complexity index is 634. The monoisotopic (exact) mass is 348 g/mol. The number of likely N-dealkylation sites (tertiary alicyclic amines) is 1. The highest BCUT2D eigenvalue weighted by molar-refractivity contribution is 5.90. The number of nitrogens with zero attached hydrogens (tertiary/aromatic N) is 1. The summed E-state index contributed by atoms with van der Waals surface area (Å²) in [5.41, 5.74) is 0.925. The molecule has 7 heteroatoms. The quantitative estimate of drug-likeness (QED) is 0.720. The molecule has 1 aromatic rings. The molecule has 1 fully saturated rings. The second kappa shape index (κ2) is 8.20. The minimum absolute atomic E-state index is 0.00660. The number of rotatable bonds is 8. The molecule has 0 saturated carbocycles. The Morgan fingerprint density at radius 2 is 2.20 bits per heavy atom. The summed E-state index contributed by atoms with van der Waals surface area (Å²) in [6.07, 6.45) is 1.73. The molecule has 2 aliphatic heterocycles. The molecule has 1 atom stereocenters. The van der Waals surface area contributed by atoms with Gasteiger partial charge in [0.25, 0.3) is 0 Å². The van der Waals surface area contributed by atoms with Crippen LogP contribution < -0.4 is 14.8 Å². The average molecular weight is 348 g/mol. The molecular weight excluding hydrogens is 324 g/mol. The largest absolute Gasteiger partial charge is 0.454 e. The summed E-state index contributed by atoms with van der Waals surface area (Å²) >= 11 is 0. The molecule has 0 radical (unpaired) electrons. The van der Waals surface area contributed by atoms with Gasteiger partial charge in [-0.1, -0.05) is 6.07 Å².